The first-order valence-corrected chi connectivity index (χ1v) is 9.68. The van der Waals surface area contributed by atoms with Gasteiger partial charge in [0.25, 0.3) is 5.91 Å². The Kier molecular flexibility index (Phi) is 5.94. The number of carbonyl (C=O) groups excluding carboxylic acids is 1. The van der Waals surface area contributed by atoms with Crippen LogP contribution in [0, 0.1) is 0 Å². The van der Waals surface area contributed by atoms with Gasteiger partial charge in [0, 0.05) is 25.1 Å². The maximum atomic E-state index is 12.9. The Balaban J connectivity index is 1.43. The summed E-state index contributed by atoms with van der Waals surface area (Å²) in [5, 5.41) is 0. The molecule has 1 atom stereocenters. The molecule has 0 saturated carbocycles. The minimum Gasteiger partial charge on any atom is -0.368 e. The Labute approximate surface area is 176 Å². The molecule has 1 aliphatic rings. The fraction of sp³-hybridized carbons (Fsp3) is 0.273. The molecule has 1 unspecified atom stereocenters. The Bertz CT molecular complexity index is 1040. The van der Waals surface area contributed by atoms with Crippen LogP contribution in [0.4, 0.5) is 13.2 Å². The van der Waals surface area contributed by atoms with E-state index in [1.165, 1.54) is 24.7 Å². The van der Waals surface area contributed by atoms with Gasteiger partial charge in [0.1, 0.15) is 11.8 Å². The van der Waals surface area contributed by atoms with Gasteiger partial charge in [0.05, 0.1) is 30.6 Å². The van der Waals surface area contributed by atoms with Crippen molar-refractivity contribution in [1.29, 1.82) is 0 Å². The zero-order chi connectivity index (χ0) is 21.8. The minimum absolute atomic E-state index is 0.220. The molecule has 31 heavy (non-hydrogen) atoms. The van der Waals surface area contributed by atoms with Crippen LogP contribution in [-0.4, -0.2) is 45.5 Å². The van der Waals surface area contributed by atoms with Crippen LogP contribution in [0.5, 0.6) is 0 Å². The van der Waals surface area contributed by atoms with Gasteiger partial charge in [-0.1, -0.05) is 24.3 Å². The average Bonchev–Trinajstić information content (AvgIpc) is 2.79. The number of benzene rings is 1. The molecule has 0 N–H and O–H groups in total. The number of morpholine rings is 1. The summed E-state index contributed by atoms with van der Waals surface area (Å²) in [4.78, 5) is 26.6. The van der Waals surface area contributed by atoms with Gasteiger partial charge in [-0.3, -0.25) is 14.8 Å². The van der Waals surface area contributed by atoms with Gasteiger partial charge >= 0.3 is 6.18 Å². The third-order valence-electron chi connectivity index (χ3n) is 4.98. The van der Waals surface area contributed by atoms with Gasteiger partial charge in [-0.05, 0) is 29.7 Å². The number of hydrogen-bond donors (Lipinski definition) is 0. The summed E-state index contributed by atoms with van der Waals surface area (Å²) in [7, 11) is 0. The molecular formula is C22H19F3N4O2. The molecule has 3 aromatic rings. The first kappa shape index (κ1) is 20.9. The summed E-state index contributed by atoms with van der Waals surface area (Å²) in [6, 6.07) is 8.86. The predicted molar refractivity (Wildman–Crippen MR) is 105 cm³/mol. The van der Waals surface area contributed by atoms with Gasteiger partial charge in [0.2, 0.25) is 0 Å². The summed E-state index contributed by atoms with van der Waals surface area (Å²) in [5.74, 6) is -0.220. The van der Waals surface area contributed by atoms with Gasteiger partial charge in [-0.25, -0.2) is 4.98 Å². The van der Waals surface area contributed by atoms with Crippen LogP contribution in [0.2, 0.25) is 0 Å². The van der Waals surface area contributed by atoms with Gasteiger partial charge in [-0.15, -0.1) is 0 Å². The number of rotatable bonds is 4. The summed E-state index contributed by atoms with van der Waals surface area (Å²) in [6.07, 6.45) is 1.60. The largest absolute Gasteiger partial charge is 0.416 e. The predicted octanol–water partition coefficient (Wildman–Crippen LogP) is 3.69. The van der Waals surface area contributed by atoms with Crippen molar-refractivity contribution in [3.05, 3.63) is 89.3 Å². The van der Waals surface area contributed by atoms with Gasteiger partial charge in [0.15, 0.2) is 0 Å². The van der Waals surface area contributed by atoms with Crippen molar-refractivity contribution in [3.8, 4) is 0 Å². The second-order valence-corrected chi connectivity index (χ2v) is 7.17. The number of carbonyl (C=O) groups is 1. The van der Waals surface area contributed by atoms with Crippen molar-refractivity contribution in [2.75, 3.05) is 19.7 Å². The molecule has 6 nitrogen and oxygen atoms in total. The lowest BCUT2D eigenvalue weighted by atomic mass is 10.0. The van der Waals surface area contributed by atoms with Crippen molar-refractivity contribution in [1.82, 2.24) is 19.9 Å². The first-order valence-electron chi connectivity index (χ1n) is 9.68. The highest BCUT2D eigenvalue weighted by Crippen LogP contribution is 2.30. The zero-order valence-corrected chi connectivity index (χ0v) is 16.4. The molecule has 0 spiro atoms. The maximum absolute atomic E-state index is 12.9. The molecule has 1 aromatic carbocycles. The lowest BCUT2D eigenvalue weighted by molar-refractivity contribution is -0.137. The number of ether oxygens (including phenoxy) is 1. The molecule has 1 saturated heterocycles. The van der Waals surface area contributed by atoms with Gasteiger partial charge in [-0.2, -0.15) is 13.2 Å². The number of nitrogens with zero attached hydrogens (tertiary/aromatic N) is 4. The molecule has 2 aromatic heterocycles. The van der Waals surface area contributed by atoms with Crippen molar-refractivity contribution in [2.45, 2.75) is 18.7 Å². The van der Waals surface area contributed by atoms with Crippen LogP contribution in [0.1, 0.15) is 39.0 Å². The van der Waals surface area contributed by atoms with Crippen LogP contribution >= 0.6 is 0 Å². The second kappa shape index (κ2) is 8.81. The zero-order valence-electron chi connectivity index (χ0n) is 16.4. The molecule has 160 valence electrons. The number of halogens is 3. The third kappa shape index (κ3) is 5.05. The Morgan fingerprint density at radius 1 is 1.10 bits per heavy atom. The molecule has 0 bridgehead atoms. The lowest BCUT2D eigenvalue weighted by Gasteiger charge is -2.32. The average molecular weight is 428 g/mol. The topological polar surface area (TPSA) is 68.2 Å². The van der Waals surface area contributed by atoms with E-state index in [0.29, 0.717) is 37.4 Å². The molecule has 1 amide bonds. The van der Waals surface area contributed by atoms with Crippen molar-refractivity contribution in [3.63, 3.8) is 0 Å². The molecular weight excluding hydrogens is 409 g/mol. The number of amides is 1. The fourth-order valence-corrected chi connectivity index (χ4v) is 3.41. The van der Waals surface area contributed by atoms with Crippen molar-refractivity contribution < 1.29 is 22.7 Å². The van der Waals surface area contributed by atoms with E-state index in [1.54, 1.807) is 23.2 Å². The van der Waals surface area contributed by atoms with E-state index in [0.717, 1.165) is 17.7 Å². The molecule has 1 fully saturated rings. The highest BCUT2D eigenvalue weighted by molar-refractivity contribution is 5.92. The van der Waals surface area contributed by atoms with Gasteiger partial charge < -0.3 is 9.64 Å². The highest BCUT2D eigenvalue weighted by atomic mass is 19.4. The second-order valence-electron chi connectivity index (χ2n) is 7.17. The monoisotopic (exact) mass is 428 g/mol. The van der Waals surface area contributed by atoms with Crippen molar-refractivity contribution >= 4 is 5.91 Å². The Hall–Kier alpha value is -3.33. The highest BCUT2D eigenvalue weighted by Gasteiger charge is 2.30. The standard InChI is InChI=1S/C22H19F3N4O2/c23-22(24,25)17-3-1-2-15(11-17)10-16-4-5-18(28-12-16)20-14-29(8-9-31-20)21(30)19-13-26-6-7-27-19/h1-7,11-13,20H,8-10,14H2. The van der Waals surface area contributed by atoms with Crippen LogP contribution < -0.4 is 0 Å². The van der Waals surface area contributed by atoms with Crippen LogP contribution in [0.3, 0.4) is 0 Å². The molecule has 1 aliphatic heterocycles. The van der Waals surface area contributed by atoms with E-state index in [2.05, 4.69) is 15.0 Å². The van der Waals surface area contributed by atoms with E-state index in [1.807, 2.05) is 6.07 Å². The third-order valence-corrected chi connectivity index (χ3v) is 4.98. The fourth-order valence-electron chi connectivity index (χ4n) is 3.41. The summed E-state index contributed by atoms with van der Waals surface area (Å²) in [5.41, 5.74) is 1.60. The SMILES string of the molecule is O=C(c1cnccn1)N1CCOC(c2ccc(Cc3cccc(C(F)(F)F)c3)cn2)C1. The molecule has 4 rings (SSSR count). The normalized spacial score (nSPS) is 16.9. The lowest BCUT2D eigenvalue weighted by Crippen LogP contribution is -2.42. The molecule has 0 aliphatic carbocycles. The van der Waals surface area contributed by atoms with E-state index in [9.17, 15) is 18.0 Å². The quantitative estimate of drug-likeness (QED) is 0.634. The minimum atomic E-state index is -4.37. The smallest absolute Gasteiger partial charge is 0.368 e. The molecule has 0 radical (unpaired) electrons. The van der Waals surface area contributed by atoms with Crippen LogP contribution in [0.25, 0.3) is 0 Å². The van der Waals surface area contributed by atoms with Crippen LogP contribution in [0.15, 0.2) is 61.2 Å². The van der Waals surface area contributed by atoms with E-state index >= 15 is 0 Å². The summed E-state index contributed by atoms with van der Waals surface area (Å²) >= 11 is 0. The summed E-state index contributed by atoms with van der Waals surface area (Å²) < 4.78 is 44.5. The number of pyridine rings is 1. The number of alkyl halides is 3. The Morgan fingerprint density at radius 2 is 1.97 bits per heavy atom. The summed E-state index contributed by atoms with van der Waals surface area (Å²) in [6.45, 7) is 1.14. The molecule has 3 heterocycles. The maximum Gasteiger partial charge on any atom is 0.416 e. The van der Waals surface area contributed by atoms with E-state index < -0.39 is 17.8 Å². The van der Waals surface area contributed by atoms with Crippen LogP contribution in [-0.2, 0) is 17.3 Å². The van der Waals surface area contributed by atoms with Crippen molar-refractivity contribution in [2.24, 2.45) is 0 Å². The number of aromatic nitrogens is 3. The molecule has 9 heteroatoms. The number of hydrogen-bond acceptors (Lipinski definition) is 5. The van der Waals surface area contributed by atoms with E-state index in [-0.39, 0.29) is 11.6 Å². The Morgan fingerprint density at radius 3 is 2.68 bits per heavy atom. The first-order chi connectivity index (χ1) is 14.9. The van der Waals surface area contributed by atoms with E-state index in [4.69, 9.17) is 4.74 Å².